The Morgan fingerprint density at radius 3 is 3.00 bits per heavy atom. The van der Waals surface area contributed by atoms with Gasteiger partial charge in [-0.1, -0.05) is 19.3 Å². The molecule has 0 aliphatic heterocycles. The number of hydrogen-bond donors (Lipinski definition) is 0. The van der Waals surface area contributed by atoms with E-state index >= 15 is 0 Å². The SMILES string of the molecule is CN(CCC1CCC1)C(=O)c1ccnc(CC#N)c1. The molecular formula is C15H19N3O. The van der Waals surface area contributed by atoms with Crippen LogP contribution in [0.4, 0.5) is 0 Å². The van der Waals surface area contributed by atoms with Crippen LogP contribution in [0.15, 0.2) is 18.3 Å². The normalized spacial score (nSPS) is 14.5. The van der Waals surface area contributed by atoms with E-state index in [1.54, 1.807) is 23.2 Å². The van der Waals surface area contributed by atoms with Crippen LogP contribution < -0.4 is 0 Å². The molecule has 0 aromatic carbocycles. The van der Waals surface area contributed by atoms with Crippen molar-refractivity contribution in [3.8, 4) is 6.07 Å². The fourth-order valence-electron chi connectivity index (χ4n) is 2.27. The second kappa shape index (κ2) is 6.33. The van der Waals surface area contributed by atoms with Crippen molar-refractivity contribution in [2.24, 2.45) is 5.92 Å². The van der Waals surface area contributed by atoms with E-state index in [1.807, 2.05) is 13.1 Å². The maximum absolute atomic E-state index is 12.2. The lowest BCUT2D eigenvalue weighted by Gasteiger charge is -2.27. The number of pyridine rings is 1. The predicted octanol–water partition coefficient (Wildman–Crippen LogP) is 2.41. The van der Waals surface area contributed by atoms with Gasteiger partial charge < -0.3 is 4.90 Å². The summed E-state index contributed by atoms with van der Waals surface area (Å²) in [5, 5.41) is 8.65. The zero-order chi connectivity index (χ0) is 13.7. The van der Waals surface area contributed by atoms with Crippen LogP contribution in [0, 0.1) is 17.2 Å². The Bertz CT molecular complexity index is 488. The molecule has 0 saturated heterocycles. The number of rotatable bonds is 5. The van der Waals surface area contributed by atoms with Gasteiger partial charge in [0.2, 0.25) is 0 Å². The van der Waals surface area contributed by atoms with Crippen LogP contribution in [-0.4, -0.2) is 29.4 Å². The van der Waals surface area contributed by atoms with Gasteiger partial charge in [-0.3, -0.25) is 9.78 Å². The number of amides is 1. The first kappa shape index (κ1) is 13.5. The van der Waals surface area contributed by atoms with Crippen molar-refractivity contribution in [1.82, 2.24) is 9.88 Å². The number of nitrogens with zero attached hydrogens (tertiary/aromatic N) is 3. The van der Waals surface area contributed by atoms with E-state index in [0.717, 1.165) is 18.9 Å². The summed E-state index contributed by atoms with van der Waals surface area (Å²) in [4.78, 5) is 18.1. The Kier molecular flexibility index (Phi) is 4.51. The molecule has 19 heavy (non-hydrogen) atoms. The van der Waals surface area contributed by atoms with Crippen LogP contribution in [-0.2, 0) is 6.42 Å². The van der Waals surface area contributed by atoms with Crippen LogP contribution in [0.1, 0.15) is 41.7 Å². The first-order valence-corrected chi connectivity index (χ1v) is 6.78. The molecule has 0 bridgehead atoms. The van der Waals surface area contributed by atoms with Gasteiger partial charge in [0, 0.05) is 25.4 Å². The highest BCUT2D eigenvalue weighted by molar-refractivity contribution is 5.94. The molecule has 0 N–H and O–H groups in total. The molecule has 0 spiro atoms. The Labute approximate surface area is 114 Å². The highest BCUT2D eigenvalue weighted by atomic mass is 16.2. The molecule has 1 saturated carbocycles. The van der Waals surface area contributed by atoms with Crippen LogP contribution >= 0.6 is 0 Å². The van der Waals surface area contributed by atoms with E-state index in [4.69, 9.17) is 5.26 Å². The zero-order valence-electron chi connectivity index (χ0n) is 11.3. The van der Waals surface area contributed by atoms with Gasteiger partial charge >= 0.3 is 0 Å². The third-order valence-electron chi connectivity index (χ3n) is 3.77. The molecule has 2 rings (SSSR count). The monoisotopic (exact) mass is 257 g/mol. The first-order valence-electron chi connectivity index (χ1n) is 6.78. The quantitative estimate of drug-likeness (QED) is 0.814. The smallest absolute Gasteiger partial charge is 0.253 e. The summed E-state index contributed by atoms with van der Waals surface area (Å²) in [6, 6.07) is 5.47. The average molecular weight is 257 g/mol. The summed E-state index contributed by atoms with van der Waals surface area (Å²) < 4.78 is 0. The Hall–Kier alpha value is -1.89. The second-order valence-corrected chi connectivity index (χ2v) is 5.18. The van der Waals surface area contributed by atoms with E-state index in [-0.39, 0.29) is 12.3 Å². The fourth-order valence-corrected chi connectivity index (χ4v) is 2.27. The lowest BCUT2D eigenvalue weighted by Crippen LogP contribution is -2.30. The largest absolute Gasteiger partial charge is 0.342 e. The fraction of sp³-hybridized carbons (Fsp3) is 0.533. The molecule has 0 atom stereocenters. The molecule has 1 aromatic heterocycles. The van der Waals surface area contributed by atoms with Crippen molar-refractivity contribution in [2.75, 3.05) is 13.6 Å². The lowest BCUT2D eigenvalue weighted by molar-refractivity contribution is 0.0779. The van der Waals surface area contributed by atoms with Crippen LogP contribution in [0.5, 0.6) is 0 Å². The number of carbonyl (C=O) groups is 1. The molecule has 4 nitrogen and oxygen atoms in total. The van der Waals surface area contributed by atoms with Gasteiger partial charge in [-0.25, -0.2) is 0 Å². The average Bonchev–Trinajstić information content (AvgIpc) is 2.36. The van der Waals surface area contributed by atoms with Gasteiger partial charge in [-0.05, 0) is 24.5 Å². The summed E-state index contributed by atoms with van der Waals surface area (Å²) in [6.07, 6.45) is 6.89. The number of nitriles is 1. The maximum atomic E-state index is 12.2. The van der Waals surface area contributed by atoms with Gasteiger partial charge in [0.15, 0.2) is 0 Å². The van der Waals surface area contributed by atoms with Crippen molar-refractivity contribution >= 4 is 5.91 Å². The number of carbonyl (C=O) groups excluding carboxylic acids is 1. The summed E-state index contributed by atoms with van der Waals surface area (Å²) >= 11 is 0. The van der Waals surface area contributed by atoms with Gasteiger partial charge in [0.25, 0.3) is 5.91 Å². The number of aromatic nitrogens is 1. The Morgan fingerprint density at radius 1 is 1.58 bits per heavy atom. The third kappa shape index (κ3) is 3.54. The Balaban J connectivity index is 1.93. The standard InChI is InChI=1S/C15H19N3O/c1-18(10-7-12-3-2-4-12)15(19)13-6-9-17-14(11-13)5-8-16/h6,9,11-12H,2-5,7,10H2,1H3. The Morgan fingerprint density at radius 2 is 2.37 bits per heavy atom. The van der Waals surface area contributed by atoms with E-state index in [9.17, 15) is 4.79 Å². The molecule has 1 aliphatic carbocycles. The van der Waals surface area contributed by atoms with Crippen LogP contribution in [0.25, 0.3) is 0 Å². The summed E-state index contributed by atoms with van der Waals surface area (Å²) in [5.41, 5.74) is 1.28. The molecule has 1 aliphatic rings. The summed E-state index contributed by atoms with van der Waals surface area (Å²) in [6.45, 7) is 0.805. The maximum Gasteiger partial charge on any atom is 0.253 e. The minimum absolute atomic E-state index is 0.0147. The third-order valence-corrected chi connectivity index (χ3v) is 3.77. The van der Waals surface area contributed by atoms with Crippen molar-refractivity contribution in [3.05, 3.63) is 29.6 Å². The van der Waals surface area contributed by atoms with E-state index in [1.165, 1.54) is 19.3 Å². The molecular weight excluding hydrogens is 238 g/mol. The molecule has 1 fully saturated rings. The van der Waals surface area contributed by atoms with Gasteiger partial charge in [0.1, 0.15) is 0 Å². The second-order valence-electron chi connectivity index (χ2n) is 5.18. The molecule has 0 radical (unpaired) electrons. The minimum atomic E-state index is 0.0147. The molecule has 1 amide bonds. The van der Waals surface area contributed by atoms with Crippen LogP contribution in [0.3, 0.4) is 0 Å². The van der Waals surface area contributed by atoms with Crippen LogP contribution in [0.2, 0.25) is 0 Å². The number of hydrogen-bond acceptors (Lipinski definition) is 3. The highest BCUT2D eigenvalue weighted by Crippen LogP contribution is 2.29. The van der Waals surface area contributed by atoms with Crippen molar-refractivity contribution in [2.45, 2.75) is 32.1 Å². The molecule has 1 heterocycles. The van der Waals surface area contributed by atoms with Gasteiger partial charge in [-0.15, -0.1) is 0 Å². The van der Waals surface area contributed by atoms with Crippen molar-refractivity contribution < 1.29 is 4.79 Å². The van der Waals surface area contributed by atoms with Crippen molar-refractivity contribution in [3.63, 3.8) is 0 Å². The molecule has 0 unspecified atom stereocenters. The summed E-state index contributed by atoms with van der Waals surface area (Å²) in [7, 11) is 1.84. The lowest BCUT2D eigenvalue weighted by atomic mass is 9.83. The van der Waals surface area contributed by atoms with Gasteiger partial charge in [0.05, 0.1) is 18.2 Å². The van der Waals surface area contributed by atoms with Gasteiger partial charge in [-0.2, -0.15) is 5.26 Å². The topological polar surface area (TPSA) is 57.0 Å². The van der Waals surface area contributed by atoms with E-state index in [2.05, 4.69) is 4.98 Å². The predicted molar refractivity (Wildman–Crippen MR) is 72.5 cm³/mol. The minimum Gasteiger partial charge on any atom is -0.342 e. The molecule has 100 valence electrons. The highest BCUT2D eigenvalue weighted by Gasteiger charge is 2.19. The zero-order valence-corrected chi connectivity index (χ0v) is 11.3. The molecule has 1 aromatic rings. The van der Waals surface area contributed by atoms with E-state index in [0.29, 0.717) is 11.3 Å². The molecule has 4 heteroatoms. The van der Waals surface area contributed by atoms with E-state index < -0.39 is 0 Å². The first-order chi connectivity index (χ1) is 9.20. The van der Waals surface area contributed by atoms with Crippen molar-refractivity contribution in [1.29, 1.82) is 5.26 Å². The summed E-state index contributed by atoms with van der Waals surface area (Å²) in [5.74, 6) is 0.822.